The van der Waals surface area contributed by atoms with E-state index in [-0.39, 0.29) is 4.90 Å². The molecule has 1 N–H and O–H groups in total. The van der Waals surface area contributed by atoms with Crippen molar-refractivity contribution in [2.75, 3.05) is 31.1 Å². The van der Waals surface area contributed by atoms with Crippen LogP contribution in [0.25, 0.3) is 10.9 Å². The van der Waals surface area contributed by atoms with Crippen LogP contribution < -0.4 is 10.2 Å². The first kappa shape index (κ1) is 19.7. The SMILES string of the molecule is O=S(=O)(c1cnc2ccc(N3CCNCC3)cc2c1)c1ccccc1C(F)(F)F. The topological polar surface area (TPSA) is 62.3 Å². The molecule has 2 heterocycles. The molecule has 0 saturated carbocycles. The molecule has 152 valence electrons. The van der Waals surface area contributed by atoms with Crippen molar-refractivity contribution in [2.24, 2.45) is 0 Å². The molecule has 0 spiro atoms. The van der Waals surface area contributed by atoms with Crippen molar-refractivity contribution in [1.82, 2.24) is 10.3 Å². The molecule has 2 aromatic carbocycles. The van der Waals surface area contributed by atoms with Crippen LogP contribution in [0.2, 0.25) is 0 Å². The van der Waals surface area contributed by atoms with Gasteiger partial charge in [0.2, 0.25) is 9.84 Å². The first-order valence-electron chi connectivity index (χ1n) is 9.03. The van der Waals surface area contributed by atoms with Crippen molar-refractivity contribution >= 4 is 26.4 Å². The highest BCUT2D eigenvalue weighted by atomic mass is 32.2. The van der Waals surface area contributed by atoms with Gasteiger partial charge in [-0.05, 0) is 36.4 Å². The van der Waals surface area contributed by atoms with Crippen LogP contribution in [0.1, 0.15) is 5.56 Å². The van der Waals surface area contributed by atoms with Gasteiger partial charge in [-0.25, -0.2) is 8.42 Å². The minimum Gasteiger partial charge on any atom is -0.369 e. The monoisotopic (exact) mass is 421 g/mol. The number of halogens is 3. The Labute approximate surface area is 166 Å². The second kappa shape index (κ2) is 7.31. The van der Waals surface area contributed by atoms with Crippen LogP contribution in [0.15, 0.2) is 64.5 Å². The quantitative estimate of drug-likeness (QED) is 0.702. The van der Waals surface area contributed by atoms with Gasteiger partial charge in [-0.1, -0.05) is 12.1 Å². The summed E-state index contributed by atoms with van der Waals surface area (Å²) in [4.78, 5) is 5.29. The first-order valence-corrected chi connectivity index (χ1v) is 10.5. The van der Waals surface area contributed by atoms with Gasteiger partial charge in [-0.2, -0.15) is 13.2 Å². The summed E-state index contributed by atoms with van der Waals surface area (Å²) in [6, 6.07) is 11.1. The number of fused-ring (bicyclic) bond motifs is 1. The predicted octanol–water partition coefficient (Wildman–Crippen LogP) is 3.50. The number of alkyl halides is 3. The lowest BCUT2D eigenvalue weighted by Gasteiger charge is -2.29. The molecule has 1 fully saturated rings. The summed E-state index contributed by atoms with van der Waals surface area (Å²) in [5.74, 6) is 0. The highest BCUT2D eigenvalue weighted by Crippen LogP contribution is 2.36. The smallest absolute Gasteiger partial charge is 0.369 e. The van der Waals surface area contributed by atoms with Gasteiger partial charge in [0.1, 0.15) is 0 Å². The van der Waals surface area contributed by atoms with Crippen molar-refractivity contribution in [1.29, 1.82) is 0 Å². The first-order chi connectivity index (χ1) is 13.8. The Kier molecular flexibility index (Phi) is 4.95. The van der Waals surface area contributed by atoms with Gasteiger partial charge in [0, 0.05) is 43.4 Å². The largest absolute Gasteiger partial charge is 0.417 e. The molecule has 1 aliphatic heterocycles. The van der Waals surface area contributed by atoms with Crippen molar-refractivity contribution in [3.05, 3.63) is 60.3 Å². The van der Waals surface area contributed by atoms with Crippen molar-refractivity contribution in [3.8, 4) is 0 Å². The fraction of sp³-hybridized carbons (Fsp3) is 0.250. The Bertz CT molecular complexity index is 1160. The van der Waals surface area contributed by atoms with Gasteiger partial charge in [0.25, 0.3) is 0 Å². The van der Waals surface area contributed by atoms with E-state index < -0.39 is 26.5 Å². The number of hydrogen-bond donors (Lipinski definition) is 1. The van der Waals surface area contributed by atoms with Crippen LogP contribution in [0, 0.1) is 0 Å². The maximum absolute atomic E-state index is 13.3. The molecule has 4 rings (SSSR count). The van der Waals surface area contributed by atoms with Crippen LogP contribution in [0.3, 0.4) is 0 Å². The third-order valence-electron chi connectivity index (χ3n) is 4.91. The van der Waals surface area contributed by atoms with Gasteiger partial charge in [0.15, 0.2) is 0 Å². The number of rotatable bonds is 3. The molecule has 0 aliphatic carbocycles. The number of aromatic nitrogens is 1. The van der Waals surface area contributed by atoms with E-state index >= 15 is 0 Å². The molecule has 9 heteroatoms. The van der Waals surface area contributed by atoms with Crippen molar-refractivity contribution < 1.29 is 21.6 Å². The Balaban J connectivity index is 1.79. The summed E-state index contributed by atoms with van der Waals surface area (Å²) in [7, 11) is -4.39. The summed E-state index contributed by atoms with van der Waals surface area (Å²) < 4.78 is 65.9. The molecule has 0 radical (unpaired) electrons. The zero-order valence-electron chi connectivity index (χ0n) is 15.3. The van der Waals surface area contributed by atoms with Crippen LogP contribution in [-0.2, 0) is 16.0 Å². The fourth-order valence-corrected chi connectivity index (χ4v) is 4.89. The third-order valence-corrected chi connectivity index (χ3v) is 6.69. The van der Waals surface area contributed by atoms with Crippen molar-refractivity contribution in [3.63, 3.8) is 0 Å². The standard InChI is InChI=1S/C20H18F3N3O2S/c21-20(22,23)17-3-1-2-4-19(17)29(27,28)16-12-14-11-15(5-6-18(14)25-13-16)26-9-7-24-8-10-26/h1-6,11-13,24H,7-10H2. The summed E-state index contributed by atoms with van der Waals surface area (Å²) in [5, 5.41) is 3.82. The number of sulfone groups is 1. The number of anilines is 1. The van der Waals surface area contributed by atoms with Gasteiger partial charge in [-0.15, -0.1) is 0 Å². The molecule has 0 amide bonds. The average molecular weight is 421 g/mol. The van der Waals surface area contributed by atoms with Crippen LogP contribution in [0.4, 0.5) is 18.9 Å². The summed E-state index contributed by atoms with van der Waals surface area (Å²) in [5.41, 5.74) is 0.313. The van der Waals surface area contributed by atoms with E-state index in [1.807, 2.05) is 12.1 Å². The predicted molar refractivity (Wildman–Crippen MR) is 104 cm³/mol. The normalized spacial score (nSPS) is 15.6. The van der Waals surface area contributed by atoms with Crippen molar-refractivity contribution in [2.45, 2.75) is 16.0 Å². The maximum atomic E-state index is 13.3. The van der Waals surface area contributed by atoms with Gasteiger partial charge in [-0.3, -0.25) is 4.98 Å². The molecule has 3 aromatic rings. The third kappa shape index (κ3) is 3.79. The zero-order chi connectivity index (χ0) is 20.6. The fourth-order valence-electron chi connectivity index (χ4n) is 3.43. The number of piperazine rings is 1. The van der Waals surface area contributed by atoms with Gasteiger partial charge in [0.05, 0.1) is 20.9 Å². The maximum Gasteiger partial charge on any atom is 0.417 e. The number of nitrogens with zero attached hydrogens (tertiary/aromatic N) is 2. The second-order valence-electron chi connectivity index (χ2n) is 6.78. The van der Waals surface area contributed by atoms with E-state index in [1.165, 1.54) is 18.2 Å². The number of hydrogen-bond acceptors (Lipinski definition) is 5. The zero-order valence-corrected chi connectivity index (χ0v) is 16.1. The van der Waals surface area contributed by atoms with Gasteiger partial charge < -0.3 is 10.2 Å². The van der Waals surface area contributed by atoms with Crippen LogP contribution in [-0.4, -0.2) is 39.6 Å². The summed E-state index contributed by atoms with van der Waals surface area (Å²) >= 11 is 0. The molecular weight excluding hydrogens is 403 g/mol. The highest BCUT2D eigenvalue weighted by Gasteiger charge is 2.37. The summed E-state index contributed by atoms with van der Waals surface area (Å²) in [6.07, 6.45) is -3.67. The molecule has 5 nitrogen and oxygen atoms in total. The Morgan fingerprint density at radius 3 is 2.45 bits per heavy atom. The van der Waals surface area contributed by atoms with Crippen LogP contribution >= 0.6 is 0 Å². The lowest BCUT2D eigenvalue weighted by molar-refractivity contribution is -0.139. The Morgan fingerprint density at radius 1 is 1.00 bits per heavy atom. The molecule has 29 heavy (non-hydrogen) atoms. The number of pyridine rings is 1. The van der Waals surface area contributed by atoms with E-state index in [2.05, 4.69) is 15.2 Å². The average Bonchev–Trinajstić information content (AvgIpc) is 2.73. The van der Waals surface area contributed by atoms with E-state index in [0.29, 0.717) is 10.9 Å². The van der Waals surface area contributed by atoms with E-state index in [9.17, 15) is 21.6 Å². The minimum absolute atomic E-state index is 0.265. The highest BCUT2D eigenvalue weighted by molar-refractivity contribution is 7.91. The Hall–Kier alpha value is -2.65. The number of benzene rings is 2. The lowest BCUT2D eigenvalue weighted by Crippen LogP contribution is -2.43. The van der Waals surface area contributed by atoms with E-state index in [1.54, 1.807) is 6.07 Å². The Morgan fingerprint density at radius 2 is 1.72 bits per heavy atom. The molecule has 0 atom stereocenters. The lowest BCUT2D eigenvalue weighted by atomic mass is 10.1. The molecular formula is C20H18F3N3O2S. The van der Waals surface area contributed by atoms with Crippen LogP contribution in [0.5, 0.6) is 0 Å². The van der Waals surface area contributed by atoms with E-state index in [0.717, 1.165) is 50.2 Å². The molecule has 1 aromatic heterocycles. The molecule has 0 unspecified atom stereocenters. The molecule has 0 bridgehead atoms. The van der Waals surface area contributed by atoms with Gasteiger partial charge >= 0.3 is 6.18 Å². The molecule has 1 saturated heterocycles. The molecule has 1 aliphatic rings. The summed E-state index contributed by atoms with van der Waals surface area (Å²) in [6.45, 7) is 3.32. The second-order valence-corrected chi connectivity index (χ2v) is 8.70. The number of nitrogens with one attached hydrogen (secondary N) is 1. The van der Waals surface area contributed by atoms with E-state index in [4.69, 9.17) is 0 Å². The minimum atomic E-state index is -4.77.